The largest absolute Gasteiger partial charge is 0.368 e. The van der Waals surface area contributed by atoms with Gasteiger partial charge in [0.25, 0.3) is 5.91 Å². The number of hydrogen-bond donors (Lipinski definition) is 0. The van der Waals surface area contributed by atoms with E-state index in [9.17, 15) is 13.2 Å². The minimum absolute atomic E-state index is 0.0679. The van der Waals surface area contributed by atoms with Crippen LogP contribution in [0.2, 0.25) is 0 Å². The molecule has 1 saturated heterocycles. The normalized spacial score (nSPS) is 14.6. The molecule has 6 nitrogen and oxygen atoms in total. The molecule has 0 atom stereocenters. The Morgan fingerprint density at radius 2 is 1.38 bits per heavy atom. The highest BCUT2D eigenvalue weighted by Crippen LogP contribution is 2.23. The third-order valence-corrected chi connectivity index (χ3v) is 8.19. The summed E-state index contributed by atoms with van der Waals surface area (Å²) in [6.07, 6.45) is 0. The summed E-state index contributed by atoms with van der Waals surface area (Å²) in [5.74, 6) is -0.0679. The van der Waals surface area contributed by atoms with Crippen LogP contribution in [0.1, 0.15) is 29.8 Å². The molecule has 0 bridgehead atoms. The van der Waals surface area contributed by atoms with Gasteiger partial charge in [-0.25, -0.2) is 8.42 Å². The van der Waals surface area contributed by atoms with Crippen LogP contribution in [-0.4, -0.2) is 55.8 Å². The average Bonchev–Trinajstić information content (AvgIpc) is 2.88. The molecule has 0 radical (unpaired) electrons. The fourth-order valence-electron chi connectivity index (χ4n) is 4.20. The Hall–Kier alpha value is -3.16. The van der Waals surface area contributed by atoms with E-state index < -0.39 is 10.0 Å². The van der Waals surface area contributed by atoms with E-state index in [1.807, 2.05) is 67.3 Å². The first-order valence-corrected chi connectivity index (χ1v) is 13.1. The number of para-hydroxylation sites is 1. The van der Waals surface area contributed by atoms with Gasteiger partial charge in [0.1, 0.15) is 0 Å². The summed E-state index contributed by atoms with van der Waals surface area (Å²) in [6.45, 7) is 6.84. The predicted octanol–water partition coefficient (Wildman–Crippen LogP) is 4.25. The molecule has 0 aromatic heterocycles. The van der Waals surface area contributed by atoms with Gasteiger partial charge in [-0.1, -0.05) is 48.5 Å². The lowest BCUT2D eigenvalue weighted by Crippen LogP contribution is -2.48. The summed E-state index contributed by atoms with van der Waals surface area (Å²) in [6, 6.07) is 25.9. The molecule has 7 heteroatoms. The SMILES string of the molecule is CC(C)N(Cc1ccccc1)S(=O)(=O)c1ccc(C(=O)N2CCN(c3ccccc3)CC2)cc1. The van der Waals surface area contributed by atoms with Crippen LogP contribution in [-0.2, 0) is 16.6 Å². The van der Waals surface area contributed by atoms with Gasteiger partial charge >= 0.3 is 0 Å². The van der Waals surface area contributed by atoms with Crippen LogP contribution in [0.25, 0.3) is 0 Å². The van der Waals surface area contributed by atoms with Gasteiger partial charge in [-0.05, 0) is 55.8 Å². The van der Waals surface area contributed by atoms with Crippen molar-refractivity contribution in [2.24, 2.45) is 0 Å². The standard InChI is InChI=1S/C27H31N3O3S/c1-22(2)30(21-23-9-5-3-6-10-23)34(32,33)26-15-13-24(14-16-26)27(31)29-19-17-28(18-20-29)25-11-7-4-8-12-25/h3-16,22H,17-21H2,1-2H3. The van der Waals surface area contributed by atoms with E-state index in [0.717, 1.165) is 24.3 Å². The van der Waals surface area contributed by atoms with Crippen molar-refractivity contribution in [1.29, 1.82) is 0 Å². The van der Waals surface area contributed by atoms with Crippen molar-refractivity contribution in [3.05, 3.63) is 96.1 Å². The molecule has 1 heterocycles. The van der Waals surface area contributed by atoms with Crippen LogP contribution in [0.3, 0.4) is 0 Å². The van der Waals surface area contributed by atoms with E-state index in [4.69, 9.17) is 0 Å². The molecule has 0 N–H and O–H groups in total. The Bertz CT molecular complexity index is 1190. The monoisotopic (exact) mass is 477 g/mol. The summed E-state index contributed by atoms with van der Waals surface area (Å²) < 4.78 is 28.2. The Balaban J connectivity index is 1.44. The van der Waals surface area contributed by atoms with E-state index in [1.165, 1.54) is 4.31 Å². The second kappa shape index (κ2) is 10.4. The predicted molar refractivity (Wildman–Crippen MR) is 135 cm³/mol. The first kappa shape index (κ1) is 24.0. The molecule has 34 heavy (non-hydrogen) atoms. The van der Waals surface area contributed by atoms with Crippen LogP contribution in [0.5, 0.6) is 0 Å². The van der Waals surface area contributed by atoms with E-state index in [1.54, 1.807) is 24.3 Å². The Morgan fingerprint density at radius 1 is 0.824 bits per heavy atom. The number of hydrogen-bond acceptors (Lipinski definition) is 4. The number of sulfonamides is 1. The number of carbonyl (C=O) groups excluding carboxylic acids is 1. The number of anilines is 1. The lowest BCUT2D eigenvalue weighted by Gasteiger charge is -2.36. The first-order valence-electron chi connectivity index (χ1n) is 11.6. The smallest absolute Gasteiger partial charge is 0.253 e. The number of amides is 1. The Labute approximate surface area is 202 Å². The molecule has 178 valence electrons. The molecule has 1 aliphatic rings. The molecule has 4 rings (SSSR count). The van der Waals surface area contributed by atoms with Gasteiger partial charge in [-0.15, -0.1) is 0 Å². The van der Waals surface area contributed by atoms with E-state index in [-0.39, 0.29) is 16.8 Å². The maximum atomic E-state index is 13.4. The van der Waals surface area contributed by atoms with Crippen molar-refractivity contribution in [2.45, 2.75) is 31.3 Å². The minimum Gasteiger partial charge on any atom is -0.368 e. The highest BCUT2D eigenvalue weighted by molar-refractivity contribution is 7.89. The molecular weight excluding hydrogens is 446 g/mol. The Kier molecular flexibility index (Phi) is 7.34. The molecule has 0 unspecified atom stereocenters. The molecule has 1 aliphatic heterocycles. The number of carbonyl (C=O) groups is 1. The lowest BCUT2D eigenvalue weighted by molar-refractivity contribution is 0.0746. The molecule has 0 aliphatic carbocycles. The zero-order chi connectivity index (χ0) is 24.1. The van der Waals surface area contributed by atoms with E-state index in [2.05, 4.69) is 17.0 Å². The van der Waals surface area contributed by atoms with Crippen molar-refractivity contribution < 1.29 is 13.2 Å². The molecule has 3 aromatic rings. The highest BCUT2D eigenvalue weighted by Gasteiger charge is 2.28. The van der Waals surface area contributed by atoms with E-state index in [0.29, 0.717) is 25.2 Å². The molecule has 1 amide bonds. The zero-order valence-electron chi connectivity index (χ0n) is 19.7. The molecule has 3 aromatic carbocycles. The maximum absolute atomic E-state index is 13.4. The molecule has 0 saturated carbocycles. The zero-order valence-corrected chi connectivity index (χ0v) is 20.5. The van der Waals surface area contributed by atoms with Crippen molar-refractivity contribution in [3.63, 3.8) is 0 Å². The fourth-order valence-corrected chi connectivity index (χ4v) is 5.83. The van der Waals surface area contributed by atoms with Crippen molar-refractivity contribution in [3.8, 4) is 0 Å². The number of rotatable bonds is 7. The third-order valence-electron chi connectivity index (χ3n) is 6.15. The lowest BCUT2D eigenvalue weighted by atomic mass is 10.1. The fraction of sp³-hybridized carbons (Fsp3) is 0.296. The molecular formula is C27H31N3O3S. The van der Waals surface area contributed by atoms with Crippen LogP contribution < -0.4 is 4.90 Å². The van der Waals surface area contributed by atoms with Crippen molar-refractivity contribution in [1.82, 2.24) is 9.21 Å². The van der Waals surface area contributed by atoms with Gasteiger partial charge in [-0.2, -0.15) is 4.31 Å². The van der Waals surface area contributed by atoms with Gasteiger partial charge < -0.3 is 9.80 Å². The van der Waals surface area contributed by atoms with Gasteiger partial charge in [-0.3, -0.25) is 4.79 Å². The summed E-state index contributed by atoms with van der Waals surface area (Å²) in [5, 5.41) is 0. The van der Waals surface area contributed by atoms with Gasteiger partial charge in [0, 0.05) is 50.0 Å². The number of piperazine rings is 1. The van der Waals surface area contributed by atoms with Crippen molar-refractivity contribution in [2.75, 3.05) is 31.1 Å². The van der Waals surface area contributed by atoms with E-state index >= 15 is 0 Å². The maximum Gasteiger partial charge on any atom is 0.253 e. The Morgan fingerprint density at radius 3 is 1.94 bits per heavy atom. The van der Waals surface area contributed by atoms with Gasteiger partial charge in [0.05, 0.1) is 4.90 Å². The van der Waals surface area contributed by atoms with Gasteiger partial charge in [0.2, 0.25) is 10.0 Å². The minimum atomic E-state index is -3.70. The van der Waals surface area contributed by atoms with Crippen LogP contribution in [0, 0.1) is 0 Å². The number of nitrogens with zero attached hydrogens (tertiary/aromatic N) is 3. The second-order valence-electron chi connectivity index (χ2n) is 8.77. The van der Waals surface area contributed by atoms with Gasteiger partial charge in [0.15, 0.2) is 0 Å². The average molecular weight is 478 g/mol. The highest BCUT2D eigenvalue weighted by atomic mass is 32.2. The third kappa shape index (κ3) is 5.32. The number of benzene rings is 3. The molecule has 0 spiro atoms. The topological polar surface area (TPSA) is 60.9 Å². The molecule has 1 fully saturated rings. The first-order chi connectivity index (χ1) is 16.4. The van der Waals surface area contributed by atoms with Crippen LogP contribution in [0.4, 0.5) is 5.69 Å². The summed E-state index contributed by atoms with van der Waals surface area (Å²) >= 11 is 0. The van der Waals surface area contributed by atoms with Crippen molar-refractivity contribution >= 4 is 21.6 Å². The quantitative estimate of drug-likeness (QED) is 0.511. The summed E-state index contributed by atoms with van der Waals surface area (Å²) in [7, 11) is -3.70. The van der Waals surface area contributed by atoms with Crippen LogP contribution >= 0.6 is 0 Å². The summed E-state index contributed by atoms with van der Waals surface area (Å²) in [4.78, 5) is 17.3. The second-order valence-corrected chi connectivity index (χ2v) is 10.7. The van der Waals surface area contributed by atoms with Crippen LogP contribution in [0.15, 0.2) is 89.8 Å². The summed E-state index contributed by atoms with van der Waals surface area (Å²) in [5.41, 5.74) is 2.60.